The summed E-state index contributed by atoms with van der Waals surface area (Å²) in [5.41, 5.74) is 2.92. The van der Waals surface area contributed by atoms with E-state index in [1.807, 2.05) is 0 Å². The largest absolute Gasteiger partial charge is 0.372 e. The Morgan fingerprint density at radius 1 is 1.03 bits per heavy atom. The third-order valence-corrected chi connectivity index (χ3v) is 8.92. The first kappa shape index (κ1) is 27.1. The second kappa shape index (κ2) is 11.0. The molecule has 2 aromatic heterocycles. The number of hydrogen-bond donors (Lipinski definition) is 1. The lowest BCUT2D eigenvalue weighted by molar-refractivity contribution is 0.0981. The Labute approximate surface area is 231 Å². The molecule has 0 saturated carbocycles. The number of nitrogens with zero attached hydrogens (tertiary/aromatic N) is 4. The van der Waals surface area contributed by atoms with Crippen LogP contribution < -0.4 is 14.5 Å². The molecule has 1 unspecified atom stereocenters. The minimum absolute atomic E-state index is 0.182. The van der Waals surface area contributed by atoms with Crippen molar-refractivity contribution in [3.05, 3.63) is 77.6 Å². The third kappa shape index (κ3) is 6.08. The lowest BCUT2D eigenvalue weighted by Crippen LogP contribution is -2.41. The number of piperidine rings is 1. The van der Waals surface area contributed by atoms with Gasteiger partial charge >= 0.3 is 0 Å². The van der Waals surface area contributed by atoms with E-state index >= 15 is 0 Å². The quantitative estimate of drug-likeness (QED) is 0.454. The van der Waals surface area contributed by atoms with Gasteiger partial charge in [0.25, 0.3) is 15.9 Å². The summed E-state index contributed by atoms with van der Waals surface area (Å²) in [4.78, 5) is 26.6. The number of carbonyl (C=O) groups is 1. The molecule has 1 aromatic carbocycles. The normalized spacial score (nSPS) is 19.2. The van der Waals surface area contributed by atoms with Gasteiger partial charge in [-0.25, -0.2) is 14.7 Å². The molecule has 4 heterocycles. The average Bonchev–Trinajstić information content (AvgIpc) is 3.21. The van der Waals surface area contributed by atoms with E-state index in [2.05, 4.69) is 69.5 Å². The number of sulfonamides is 1. The van der Waals surface area contributed by atoms with Crippen LogP contribution in [0.1, 0.15) is 68.1 Å². The molecule has 2 fully saturated rings. The molecule has 0 spiro atoms. The maximum atomic E-state index is 13.3. The standard InChI is InChI=1S/C30H37N5O3S/c1-22-20-30(2,3)35(21-22)28-26(10-8-16-31-28)29(36)33-39(37,38)27-11-7-9-24(32-27)19-23-12-14-25(15-13-23)34-17-5-4-6-18-34/h7-16,22H,4-6,17-21H2,1-3H3,(H,33,36). The van der Waals surface area contributed by atoms with E-state index in [0.717, 1.165) is 31.6 Å². The van der Waals surface area contributed by atoms with Crippen molar-refractivity contribution in [2.24, 2.45) is 5.92 Å². The smallest absolute Gasteiger partial charge is 0.281 e. The average molecular weight is 548 g/mol. The minimum atomic E-state index is -4.19. The summed E-state index contributed by atoms with van der Waals surface area (Å²) in [7, 11) is -4.19. The maximum Gasteiger partial charge on any atom is 0.281 e. The molecular weight excluding hydrogens is 510 g/mol. The zero-order chi connectivity index (χ0) is 27.6. The first-order valence-corrected chi connectivity index (χ1v) is 15.2. The van der Waals surface area contributed by atoms with Crippen LogP contribution in [0.3, 0.4) is 0 Å². The summed E-state index contributed by atoms with van der Waals surface area (Å²) >= 11 is 0. The van der Waals surface area contributed by atoms with E-state index in [-0.39, 0.29) is 16.1 Å². The van der Waals surface area contributed by atoms with Crippen LogP contribution in [0, 0.1) is 5.92 Å². The molecular formula is C30H37N5O3S. The Hall–Kier alpha value is -3.46. The van der Waals surface area contributed by atoms with E-state index in [9.17, 15) is 13.2 Å². The predicted octanol–water partition coefficient (Wildman–Crippen LogP) is 4.80. The van der Waals surface area contributed by atoms with Gasteiger partial charge in [0, 0.05) is 49.2 Å². The molecule has 5 rings (SSSR count). The highest BCUT2D eigenvalue weighted by Gasteiger charge is 2.39. The number of benzene rings is 1. The van der Waals surface area contributed by atoms with E-state index in [1.54, 1.807) is 30.5 Å². The van der Waals surface area contributed by atoms with Crippen LogP contribution in [0.4, 0.5) is 11.5 Å². The van der Waals surface area contributed by atoms with Gasteiger partial charge in [-0.2, -0.15) is 8.42 Å². The number of pyridine rings is 2. The maximum absolute atomic E-state index is 13.3. The highest BCUT2D eigenvalue weighted by Crippen LogP contribution is 2.37. The van der Waals surface area contributed by atoms with Gasteiger partial charge in [0.05, 0.1) is 5.56 Å². The molecule has 8 nitrogen and oxygen atoms in total. The van der Waals surface area contributed by atoms with Crippen LogP contribution in [0.15, 0.2) is 65.8 Å². The van der Waals surface area contributed by atoms with E-state index in [4.69, 9.17) is 0 Å². The molecule has 1 amide bonds. The predicted molar refractivity (Wildman–Crippen MR) is 154 cm³/mol. The summed E-state index contributed by atoms with van der Waals surface area (Å²) in [5.74, 6) is 0.220. The Morgan fingerprint density at radius 2 is 1.77 bits per heavy atom. The molecule has 3 aromatic rings. The SMILES string of the molecule is CC1CN(c2ncccc2C(=O)NS(=O)(=O)c2cccc(Cc3ccc(N4CCCCC4)cc3)n2)C(C)(C)C1. The number of anilines is 2. The van der Waals surface area contributed by atoms with Crippen LogP contribution in [-0.4, -0.2) is 49.5 Å². The monoisotopic (exact) mass is 547 g/mol. The summed E-state index contributed by atoms with van der Waals surface area (Å²) in [5, 5.41) is -0.182. The first-order valence-electron chi connectivity index (χ1n) is 13.7. The van der Waals surface area contributed by atoms with Crippen molar-refractivity contribution in [3.8, 4) is 0 Å². The minimum Gasteiger partial charge on any atom is -0.372 e. The third-order valence-electron chi connectivity index (χ3n) is 7.69. The highest BCUT2D eigenvalue weighted by molar-refractivity contribution is 7.90. The van der Waals surface area contributed by atoms with Gasteiger partial charge in [0.15, 0.2) is 5.03 Å². The molecule has 0 aliphatic carbocycles. The van der Waals surface area contributed by atoms with Crippen LogP contribution in [0.25, 0.3) is 0 Å². The van der Waals surface area contributed by atoms with E-state index < -0.39 is 15.9 Å². The van der Waals surface area contributed by atoms with Crippen molar-refractivity contribution in [1.82, 2.24) is 14.7 Å². The van der Waals surface area contributed by atoms with Gasteiger partial charge in [-0.05, 0) is 87.4 Å². The number of hydrogen-bond acceptors (Lipinski definition) is 7. The van der Waals surface area contributed by atoms with Gasteiger partial charge < -0.3 is 9.80 Å². The van der Waals surface area contributed by atoms with Crippen molar-refractivity contribution in [2.45, 2.75) is 63.4 Å². The molecule has 2 saturated heterocycles. The van der Waals surface area contributed by atoms with Gasteiger partial charge in [0.1, 0.15) is 5.82 Å². The topological polar surface area (TPSA) is 95.5 Å². The van der Waals surface area contributed by atoms with Crippen molar-refractivity contribution >= 4 is 27.4 Å². The number of rotatable bonds is 7. The lowest BCUT2D eigenvalue weighted by Gasteiger charge is -2.33. The molecule has 1 atom stereocenters. The molecule has 2 aliphatic rings. The fourth-order valence-corrected chi connectivity index (χ4v) is 6.82. The summed E-state index contributed by atoms with van der Waals surface area (Å²) in [6.07, 6.45) is 6.82. The molecule has 1 N–H and O–H groups in total. The molecule has 9 heteroatoms. The van der Waals surface area contributed by atoms with Crippen molar-refractivity contribution in [1.29, 1.82) is 0 Å². The van der Waals surface area contributed by atoms with Gasteiger partial charge in [-0.3, -0.25) is 4.79 Å². The van der Waals surface area contributed by atoms with E-state index in [1.165, 1.54) is 31.0 Å². The molecule has 206 valence electrons. The second-order valence-corrected chi connectivity index (χ2v) is 13.0. The Kier molecular flexibility index (Phi) is 7.62. The van der Waals surface area contributed by atoms with Gasteiger partial charge in [-0.1, -0.05) is 25.1 Å². The zero-order valence-corrected chi connectivity index (χ0v) is 23.7. The number of aromatic nitrogens is 2. The molecule has 39 heavy (non-hydrogen) atoms. The molecule has 0 bridgehead atoms. The van der Waals surface area contributed by atoms with Crippen LogP contribution in [-0.2, 0) is 16.4 Å². The highest BCUT2D eigenvalue weighted by atomic mass is 32.2. The number of amides is 1. The van der Waals surface area contributed by atoms with Gasteiger partial charge in [-0.15, -0.1) is 0 Å². The fourth-order valence-electron chi connectivity index (χ4n) is 5.87. The summed E-state index contributed by atoms with van der Waals surface area (Å²) < 4.78 is 28.7. The first-order chi connectivity index (χ1) is 18.6. The van der Waals surface area contributed by atoms with Gasteiger partial charge in [0.2, 0.25) is 0 Å². The number of carbonyl (C=O) groups excluding carboxylic acids is 1. The van der Waals surface area contributed by atoms with E-state index in [0.29, 0.717) is 23.9 Å². The lowest BCUT2D eigenvalue weighted by atomic mass is 9.97. The Morgan fingerprint density at radius 3 is 2.46 bits per heavy atom. The van der Waals surface area contributed by atoms with Crippen LogP contribution >= 0.6 is 0 Å². The second-order valence-electron chi connectivity index (χ2n) is 11.4. The molecule has 2 aliphatic heterocycles. The zero-order valence-electron chi connectivity index (χ0n) is 22.9. The summed E-state index contributed by atoms with van der Waals surface area (Å²) in [6, 6.07) is 16.5. The Balaban J connectivity index is 1.31. The summed E-state index contributed by atoms with van der Waals surface area (Å²) in [6.45, 7) is 9.31. The van der Waals surface area contributed by atoms with Crippen LogP contribution in [0.5, 0.6) is 0 Å². The Bertz CT molecular complexity index is 1430. The fraction of sp³-hybridized carbons (Fsp3) is 0.433. The molecule has 0 radical (unpaired) electrons. The van der Waals surface area contributed by atoms with Crippen molar-refractivity contribution < 1.29 is 13.2 Å². The van der Waals surface area contributed by atoms with Crippen molar-refractivity contribution in [2.75, 3.05) is 29.4 Å². The number of nitrogens with one attached hydrogen (secondary N) is 1. The van der Waals surface area contributed by atoms with Crippen molar-refractivity contribution in [3.63, 3.8) is 0 Å². The van der Waals surface area contributed by atoms with Crippen LogP contribution in [0.2, 0.25) is 0 Å².